The predicted octanol–water partition coefficient (Wildman–Crippen LogP) is 8.35. The maximum Gasteiger partial charge on any atom is 0.317 e. The Bertz CT molecular complexity index is 1330. The normalized spacial score (nSPS) is 14.6. The number of esters is 6. The zero-order valence-electron chi connectivity index (χ0n) is 42.8. The van der Waals surface area contributed by atoms with E-state index in [1.807, 2.05) is 6.08 Å². The van der Waals surface area contributed by atoms with Crippen LogP contribution < -0.4 is 0 Å². The molecule has 0 aromatic rings. The maximum atomic E-state index is 12.8. The van der Waals surface area contributed by atoms with Gasteiger partial charge >= 0.3 is 35.8 Å². The molecule has 5 N–H and O–H groups in total. The third kappa shape index (κ3) is 41.8. The van der Waals surface area contributed by atoms with Crippen molar-refractivity contribution in [3.63, 3.8) is 0 Å². The highest BCUT2D eigenvalue weighted by Gasteiger charge is 2.38. The number of methoxy groups -OCH3 is 1. The first-order valence-electron chi connectivity index (χ1n) is 26.2. The summed E-state index contributed by atoms with van der Waals surface area (Å²) in [4.78, 5) is 71.1. The van der Waals surface area contributed by atoms with Crippen LogP contribution in [0, 0.1) is 23.7 Å². The summed E-state index contributed by atoms with van der Waals surface area (Å²) in [6.45, 7) is 3.17. The van der Waals surface area contributed by atoms with Crippen molar-refractivity contribution in [2.24, 2.45) is 23.7 Å². The summed E-state index contributed by atoms with van der Waals surface area (Å²) in [5.74, 6) is -3.47. The molecule has 0 aromatic heterocycles. The standard InChI is InChI=1S/C28H50O9.C23H38O5.C2H6O2/c1-2-3-4-5-6-8-11-14-24(15-12-9-7-10-13-16-26(32)35-20-17-29)25(28(34)37-22-19-31)23-27(33)36-21-18-30;1-3-4-5-6-7-9-12-15-19(20-18-22(25)28-23(20)26)16-13-10-8-11-14-17-21(24)27-2;3-1-2-4/h11,14,24-25,29-31H,2-10,12-13,15-23H2,1H3;12,15,19-20H,3-11,13-14,16-18H2,1-2H3;3-4H,1-2H2/b14-11-;15-12-;. The Morgan fingerprint density at radius 3 is 1.54 bits per heavy atom. The zero-order chi connectivity index (χ0) is 51.6. The van der Waals surface area contributed by atoms with Crippen molar-refractivity contribution < 1.29 is 78.0 Å². The smallest absolute Gasteiger partial charge is 0.317 e. The molecule has 402 valence electrons. The van der Waals surface area contributed by atoms with E-state index in [2.05, 4.69) is 36.8 Å². The van der Waals surface area contributed by atoms with Gasteiger partial charge in [0, 0.05) is 12.8 Å². The van der Waals surface area contributed by atoms with Crippen LogP contribution in [0.15, 0.2) is 24.3 Å². The SMILES string of the molecule is CCCCCCC/C=C\C(CCCCCCCC(=O)OC)C1CC(=O)OC1=O.CCCCCCC/C=C\C(CCCCCCCC(=O)OCCO)C(CC(=O)OCCO)C(=O)OCCO.OCCO. The highest BCUT2D eigenvalue weighted by atomic mass is 16.6. The summed E-state index contributed by atoms with van der Waals surface area (Å²) in [5.41, 5.74) is 0. The third-order valence-electron chi connectivity index (χ3n) is 11.6. The van der Waals surface area contributed by atoms with Crippen LogP contribution in [0.5, 0.6) is 0 Å². The Morgan fingerprint density at radius 2 is 1.03 bits per heavy atom. The topological polar surface area (TPSA) is 250 Å². The number of aliphatic hydroxyl groups is 5. The summed E-state index contributed by atoms with van der Waals surface area (Å²) >= 11 is 0. The fourth-order valence-electron chi connectivity index (χ4n) is 7.71. The molecule has 0 amide bonds. The first-order chi connectivity index (χ1) is 33.5. The van der Waals surface area contributed by atoms with Gasteiger partial charge in [-0.25, -0.2) is 0 Å². The Kier molecular flexibility index (Phi) is 49.5. The Labute approximate surface area is 414 Å². The van der Waals surface area contributed by atoms with Gasteiger partial charge in [0.05, 0.1) is 64.8 Å². The van der Waals surface area contributed by atoms with Crippen LogP contribution in [0.2, 0.25) is 0 Å². The van der Waals surface area contributed by atoms with Gasteiger partial charge in [-0.3, -0.25) is 28.8 Å². The Hall–Kier alpha value is -3.70. The molecule has 0 aromatic carbocycles. The van der Waals surface area contributed by atoms with Gasteiger partial charge in [0.15, 0.2) is 0 Å². The van der Waals surface area contributed by atoms with Crippen LogP contribution in [-0.4, -0.2) is 121 Å². The lowest BCUT2D eigenvalue weighted by molar-refractivity contribution is -0.157. The van der Waals surface area contributed by atoms with E-state index in [0.29, 0.717) is 19.3 Å². The van der Waals surface area contributed by atoms with Gasteiger partial charge in [-0.05, 0) is 63.2 Å². The Morgan fingerprint density at radius 1 is 0.565 bits per heavy atom. The van der Waals surface area contributed by atoms with E-state index in [-0.39, 0.29) is 101 Å². The minimum atomic E-state index is -0.727. The summed E-state index contributed by atoms with van der Waals surface area (Å²) in [5, 5.41) is 41.9. The van der Waals surface area contributed by atoms with Crippen LogP contribution in [0.25, 0.3) is 0 Å². The van der Waals surface area contributed by atoms with E-state index in [0.717, 1.165) is 96.3 Å². The van der Waals surface area contributed by atoms with Crippen LogP contribution in [0.1, 0.15) is 194 Å². The molecule has 0 saturated carbocycles. The molecule has 4 atom stereocenters. The lowest BCUT2D eigenvalue weighted by Crippen LogP contribution is -2.29. The molecule has 4 unspecified atom stereocenters. The number of carbonyl (C=O) groups excluding carboxylic acids is 6. The van der Waals surface area contributed by atoms with Crippen molar-refractivity contribution in [2.75, 3.05) is 60.0 Å². The van der Waals surface area contributed by atoms with Gasteiger partial charge in [0.2, 0.25) is 0 Å². The van der Waals surface area contributed by atoms with Gasteiger partial charge in [-0.2, -0.15) is 0 Å². The number of unbranched alkanes of at least 4 members (excludes halogenated alkanes) is 18. The molecule has 0 spiro atoms. The van der Waals surface area contributed by atoms with E-state index < -0.39 is 23.8 Å². The predicted molar refractivity (Wildman–Crippen MR) is 264 cm³/mol. The highest BCUT2D eigenvalue weighted by Crippen LogP contribution is 2.31. The molecule has 1 fully saturated rings. The van der Waals surface area contributed by atoms with Crippen molar-refractivity contribution in [1.82, 2.24) is 0 Å². The summed E-state index contributed by atoms with van der Waals surface area (Å²) in [7, 11) is 1.42. The number of aliphatic hydroxyl groups excluding tert-OH is 5. The van der Waals surface area contributed by atoms with Gasteiger partial charge in [-0.15, -0.1) is 0 Å². The molecule has 0 radical (unpaired) electrons. The number of hydrogen-bond donors (Lipinski definition) is 5. The first kappa shape index (κ1) is 67.4. The average Bonchev–Trinajstić information content (AvgIpc) is 3.70. The molecule has 16 nitrogen and oxygen atoms in total. The molecule has 1 aliphatic rings. The number of ether oxygens (including phenoxy) is 5. The largest absolute Gasteiger partial charge is 0.469 e. The lowest BCUT2D eigenvalue weighted by Gasteiger charge is -2.23. The highest BCUT2D eigenvalue weighted by molar-refractivity contribution is 5.94. The second-order valence-electron chi connectivity index (χ2n) is 17.4. The summed E-state index contributed by atoms with van der Waals surface area (Å²) in [6, 6.07) is 0. The number of rotatable bonds is 42. The van der Waals surface area contributed by atoms with Gasteiger partial charge in [-0.1, -0.05) is 141 Å². The van der Waals surface area contributed by atoms with Crippen LogP contribution in [-0.2, 0) is 52.5 Å². The summed E-state index contributed by atoms with van der Waals surface area (Å²) in [6.07, 6.45) is 34.2. The third-order valence-corrected chi connectivity index (χ3v) is 11.6. The fourth-order valence-corrected chi connectivity index (χ4v) is 7.71. The lowest BCUT2D eigenvalue weighted by atomic mass is 9.84. The molecular weight excluding hydrogens is 893 g/mol. The molecule has 1 aliphatic heterocycles. The Balaban J connectivity index is 0. The van der Waals surface area contributed by atoms with Crippen molar-refractivity contribution in [1.29, 1.82) is 0 Å². The molecule has 0 bridgehead atoms. The monoisotopic (exact) mass is 987 g/mol. The quantitative estimate of drug-likeness (QED) is 0.0127. The second-order valence-corrected chi connectivity index (χ2v) is 17.4. The van der Waals surface area contributed by atoms with E-state index >= 15 is 0 Å². The molecule has 1 saturated heterocycles. The minimum absolute atomic E-state index is 0.0297. The molecule has 1 rings (SSSR count). The summed E-state index contributed by atoms with van der Waals surface area (Å²) < 4.78 is 24.4. The minimum Gasteiger partial charge on any atom is -0.469 e. The van der Waals surface area contributed by atoms with Gasteiger partial charge in [0.25, 0.3) is 0 Å². The number of allylic oxidation sites excluding steroid dienone is 4. The van der Waals surface area contributed by atoms with Gasteiger partial charge in [0.1, 0.15) is 19.8 Å². The van der Waals surface area contributed by atoms with E-state index in [4.69, 9.17) is 44.5 Å². The van der Waals surface area contributed by atoms with E-state index in [1.54, 1.807) is 0 Å². The molecule has 16 heteroatoms. The first-order valence-corrected chi connectivity index (χ1v) is 26.2. The average molecular weight is 987 g/mol. The number of hydrogen-bond acceptors (Lipinski definition) is 16. The van der Waals surface area contributed by atoms with E-state index in [9.17, 15) is 28.8 Å². The second kappa shape index (κ2) is 50.7. The molecule has 0 aliphatic carbocycles. The fraction of sp³-hybridized carbons (Fsp3) is 0.811. The number of cyclic esters (lactones) is 2. The molecular formula is C53H94O16. The molecule has 1 heterocycles. The van der Waals surface area contributed by atoms with Crippen LogP contribution >= 0.6 is 0 Å². The van der Waals surface area contributed by atoms with E-state index in [1.165, 1.54) is 58.5 Å². The van der Waals surface area contributed by atoms with Crippen molar-refractivity contribution >= 4 is 35.8 Å². The van der Waals surface area contributed by atoms with Crippen molar-refractivity contribution in [3.05, 3.63) is 24.3 Å². The molecule has 69 heavy (non-hydrogen) atoms. The van der Waals surface area contributed by atoms with Crippen LogP contribution in [0.3, 0.4) is 0 Å². The number of carbonyl (C=O) groups is 6. The van der Waals surface area contributed by atoms with Gasteiger partial charge < -0.3 is 49.2 Å². The van der Waals surface area contributed by atoms with Crippen molar-refractivity contribution in [2.45, 2.75) is 194 Å². The van der Waals surface area contributed by atoms with Crippen molar-refractivity contribution in [3.8, 4) is 0 Å². The van der Waals surface area contributed by atoms with Crippen LogP contribution in [0.4, 0.5) is 0 Å². The maximum absolute atomic E-state index is 12.8. The zero-order valence-corrected chi connectivity index (χ0v) is 42.8.